The van der Waals surface area contributed by atoms with Crippen LogP contribution >= 0.6 is 23.2 Å². The number of benzene rings is 1. The molecule has 0 saturated heterocycles. The predicted octanol–water partition coefficient (Wildman–Crippen LogP) is 3.46. The number of hydrogen-bond donors (Lipinski definition) is 1. The number of methoxy groups -OCH3 is 1. The van der Waals surface area contributed by atoms with E-state index in [4.69, 9.17) is 38.4 Å². The maximum Gasteiger partial charge on any atom is 0.124 e. The van der Waals surface area contributed by atoms with Crippen molar-refractivity contribution in [2.45, 2.75) is 6.04 Å². The van der Waals surface area contributed by atoms with Gasteiger partial charge in [0.1, 0.15) is 12.4 Å². The average molecular weight is 327 g/mol. The SMILES string of the molecule is COCCOc1ccccc1C(N)c1ncc(Cl)cc1Cl. The van der Waals surface area contributed by atoms with Crippen LogP contribution in [0.2, 0.25) is 10.0 Å². The summed E-state index contributed by atoms with van der Waals surface area (Å²) < 4.78 is 10.7. The number of nitrogens with two attached hydrogens (primary N) is 1. The smallest absolute Gasteiger partial charge is 0.124 e. The Morgan fingerprint density at radius 1 is 1.24 bits per heavy atom. The number of ether oxygens (including phenoxy) is 2. The van der Waals surface area contributed by atoms with Gasteiger partial charge in [0.15, 0.2) is 0 Å². The van der Waals surface area contributed by atoms with Gasteiger partial charge in [0.25, 0.3) is 0 Å². The fourth-order valence-corrected chi connectivity index (χ4v) is 2.40. The minimum absolute atomic E-state index is 0.432. The van der Waals surface area contributed by atoms with Crippen LogP contribution in [0.4, 0.5) is 0 Å². The highest BCUT2D eigenvalue weighted by molar-refractivity contribution is 6.34. The summed E-state index contributed by atoms with van der Waals surface area (Å²) in [6.45, 7) is 0.950. The molecular formula is C15H16Cl2N2O2. The Morgan fingerprint density at radius 2 is 2.00 bits per heavy atom. The van der Waals surface area contributed by atoms with Crippen LogP contribution in [0.25, 0.3) is 0 Å². The van der Waals surface area contributed by atoms with Gasteiger partial charge in [0.2, 0.25) is 0 Å². The van der Waals surface area contributed by atoms with Crippen molar-refractivity contribution in [1.82, 2.24) is 4.98 Å². The lowest BCUT2D eigenvalue weighted by atomic mass is 10.0. The molecule has 6 heteroatoms. The van der Waals surface area contributed by atoms with E-state index < -0.39 is 6.04 Å². The normalized spacial score (nSPS) is 12.2. The first kappa shape index (κ1) is 16.0. The van der Waals surface area contributed by atoms with Crippen molar-refractivity contribution >= 4 is 23.2 Å². The van der Waals surface area contributed by atoms with Crippen molar-refractivity contribution in [2.75, 3.05) is 20.3 Å². The second-order valence-corrected chi connectivity index (χ2v) is 5.22. The molecule has 2 aromatic rings. The fourth-order valence-electron chi connectivity index (χ4n) is 1.91. The highest BCUT2D eigenvalue weighted by Gasteiger charge is 2.18. The maximum absolute atomic E-state index is 6.27. The molecule has 1 heterocycles. The molecule has 1 aromatic carbocycles. The largest absolute Gasteiger partial charge is 0.491 e. The van der Waals surface area contributed by atoms with Gasteiger partial charge in [-0.15, -0.1) is 0 Å². The van der Waals surface area contributed by atoms with Crippen LogP contribution in [0.5, 0.6) is 5.75 Å². The van der Waals surface area contributed by atoms with E-state index in [-0.39, 0.29) is 0 Å². The van der Waals surface area contributed by atoms with Gasteiger partial charge in [-0.3, -0.25) is 4.98 Å². The first-order valence-corrected chi connectivity index (χ1v) is 7.16. The second kappa shape index (κ2) is 7.61. The molecular weight excluding hydrogens is 311 g/mol. The van der Waals surface area contributed by atoms with E-state index in [1.807, 2.05) is 24.3 Å². The molecule has 2 rings (SSSR count). The van der Waals surface area contributed by atoms with Crippen LogP contribution < -0.4 is 10.5 Å². The van der Waals surface area contributed by atoms with Gasteiger partial charge >= 0.3 is 0 Å². The third kappa shape index (κ3) is 4.08. The van der Waals surface area contributed by atoms with E-state index in [1.54, 1.807) is 13.2 Å². The maximum atomic E-state index is 6.27. The van der Waals surface area contributed by atoms with E-state index in [0.717, 1.165) is 5.56 Å². The molecule has 4 nitrogen and oxygen atoms in total. The standard InChI is InChI=1S/C15H16Cl2N2O2/c1-20-6-7-21-13-5-3-2-4-11(13)14(18)15-12(17)8-10(16)9-19-15/h2-5,8-9,14H,6-7,18H2,1H3. The molecule has 21 heavy (non-hydrogen) atoms. The molecule has 1 atom stereocenters. The number of pyridine rings is 1. The first-order chi connectivity index (χ1) is 10.1. The van der Waals surface area contributed by atoms with Crippen LogP contribution in [0.3, 0.4) is 0 Å². The zero-order valence-electron chi connectivity index (χ0n) is 11.6. The Labute approximate surface area is 133 Å². The lowest BCUT2D eigenvalue weighted by Gasteiger charge is -2.17. The number of hydrogen-bond acceptors (Lipinski definition) is 4. The lowest BCUT2D eigenvalue weighted by molar-refractivity contribution is 0.145. The number of aromatic nitrogens is 1. The molecule has 0 spiro atoms. The molecule has 2 N–H and O–H groups in total. The van der Waals surface area contributed by atoms with Crippen molar-refractivity contribution in [2.24, 2.45) is 5.73 Å². The first-order valence-electron chi connectivity index (χ1n) is 6.40. The van der Waals surface area contributed by atoms with E-state index >= 15 is 0 Å². The lowest BCUT2D eigenvalue weighted by Crippen LogP contribution is -2.16. The Bertz CT molecular complexity index is 608. The Hall–Kier alpha value is -1.33. The Morgan fingerprint density at radius 3 is 2.71 bits per heavy atom. The zero-order chi connectivity index (χ0) is 15.2. The van der Waals surface area contributed by atoms with Crippen molar-refractivity contribution in [3.8, 4) is 5.75 Å². The summed E-state index contributed by atoms with van der Waals surface area (Å²) in [6.07, 6.45) is 1.52. The summed E-state index contributed by atoms with van der Waals surface area (Å²) in [6, 6.07) is 8.65. The third-order valence-corrected chi connectivity index (χ3v) is 3.44. The monoisotopic (exact) mass is 326 g/mol. The number of rotatable bonds is 6. The molecule has 0 aliphatic carbocycles. The minimum atomic E-state index is -0.492. The summed E-state index contributed by atoms with van der Waals surface area (Å²) in [7, 11) is 1.62. The predicted molar refractivity (Wildman–Crippen MR) is 84.1 cm³/mol. The molecule has 1 unspecified atom stereocenters. The molecule has 112 valence electrons. The van der Waals surface area contributed by atoms with E-state index in [1.165, 1.54) is 6.20 Å². The van der Waals surface area contributed by atoms with Gasteiger partial charge in [0, 0.05) is 18.9 Å². The van der Waals surface area contributed by atoms with Gasteiger partial charge in [-0.1, -0.05) is 41.4 Å². The van der Waals surface area contributed by atoms with Crippen molar-refractivity contribution in [3.63, 3.8) is 0 Å². The number of halogens is 2. The van der Waals surface area contributed by atoms with E-state index in [2.05, 4.69) is 4.98 Å². The van der Waals surface area contributed by atoms with Gasteiger partial charge in [-0.05, 0) is 12.1 Å². The van der Waals surface area contributed by atoms with Crippen LogP contribution in [0, 0.1) is 0 Å². The summed E-state index contributed by atoms with van der Waals surface area (Å²) >= 11 is 12.0. The number of nitrogens with zero attached hydrogens (tertiary/aromatic N) is 1. The summed E-state index contributed by atoms with van der Waals surface area (Å²) in [4.78, 5) is 4.22. The highest BCUT2D eigenvalue weighted by atomic mass is 35.5. The molecule has 0 radical (unpaired) electrons. The van der Waals surface area contributed by atoms with Crippen LogP contribution in [-0.2, 0) is 4.74 Å². The molecule has 0 amide bonds. The Kier molecular flexibility index (Phi) is 5.82. The van der Waals surface area contributed by atoms with E-state index in [9.17, 15) is 0 Å². The third-order valence-electron chi connectivity index (χ3n) is 2.93. The minimum Gasteiger partial charge on any atom is -0.491 e. The molecule has 0 saturated carbocycles. The summed E-state index contributed by atoms with van der Waals surface area (Å²) in [5.41, 5.74) is 7.64. The van der Waals surface area contributed by atoms with Gasteiger partial charge < -0.3 is 15.2 Å². The van der Waals surface area contributed by atoms with Crippen molar-refractivity contribution < 1.29 is 9.47 Å². The van der Waals surface area contributed by atoms with Crippen LogP contribution in [0.1, 0.15) is 17.3 Å². The number of para-hydroxylation sites is 1. The zero-order valence-corrected chi connectivity index (χ0v) is 13.1. The van der Waals surface area contributed by atoms with Crippen LogP contribution in [-0.4, -0.2) is 25.3 Å². The van der Waals surface area contributed by atoms with Gasteiger partial charge in [-0.25, -0.2) is 0 Å². The molecule has 0 aliphatic heterocycles. The van der Waals surface area contributed by atoms with Crippen molar-refractivity contribution in [1.29, 1.82) is 0 Å². The molecule has 0 bridgehead atoms. The average Bonchev–Trinajstić information content (AvgIpc) is 2.47. The summed E-state index contributed by atoms with van der Waals surface area (Å²) in [5.74, 6) is 0.690. The van der Waals surface area contributed by atoms with Gasteiger partial charge in [-0.2, -0.15) is 0 Å². The quantitative estimate of drug-likeness (QED) is 0.826. The summed E-state index contributed by atoms with van der Waals surface area (Å²) in [5, 5.41) is 0.905. The Balaban J connectivity index is 2.27. The topological polar surface area (TPSA) is 57.4 Å². The fraction of sp³-hybridized carbons (Fsp3) is 0.267. The van der Waals surface area contributed by atoms with Crippen LogP contribution in [0.15, 0.2) is 36.5 Å². The molecule has 1 aromatic heterocycles. The second-order valence-electron chi connectivity index (χ2n) is 4.38. The molecule has 0 aliphatic rings. The van der Waals surface area contributed by atoms with Crippen molar-refractivity contribution in [3.05, 3.63) is 57.8 Å². The van der Waals surface area contributed by atoms with E-state index in [0.29, 0.717) is 34.7 Å². The molecule has 0 fully saturated rings. The highest BCUT2D eigenvalue weighted by Crippen LogP contribution is 2.31. The van der Waals surface area contributed by atoms with Gasteiger partial charge in [0.05, 0.1) is 28.4 Å².